The smallest absolute Gasteiger partial charge is 0.129 e. The number of anilines is 1. The normalized spacial score (nSPS) is 10.6. The minimum Gasteiger partial charge on any atom is -0.351 e. The first-order chi connectivity index (χ1) is 10.3. The van der Waals surface area contributed by atoms with E-state index in [4.69, 9.17) is 4.98 Å². The van der Waals surface area contributed by atoms with Crippen LogP contribution in [-0.4, -0.2) is 23.1 Å². The van der Waals surface area contributed by atoms with Crippen molar-refractivity contribution in [1.29, 1.82) is 0 Å². The third kappa shape index (κ3) is 4.83. The van der Waals surface area contributed by atoms with Crippen LogP contribution < -0.4 is 10.2 Å². The van der Waals surface area contributed by atoms with Crippen molar-refractivity contribution < 1.29 is 0 Å². The summed E-state index contributed by atoms with van der Waals surface area (Å²) in [6.07, 6.45) is 2.97. The summed E-state index contributed by atoms with van der Waals surface area (Å²) in [4.78, 5) is 11.4. The fourth-order valence-electron chi connectivity index (χ4n) is 2.18. The van der Waals surface area contributed by atoms with Crippen molar-refractivity contribution in [2.45, 2.75) is 33.4 Å². The van der Waals surface area contributed by atoms with E-state index in [2.05, 4.69) is 53.3 Å². The molecular formula is C17H24N4. The number of hydrogen-bond donors (Lipinski definition) is 1. The molecule has 2 rings (SSSR count). The van der Waals surface area contributed by atoms with Crippen molar-refractivity contribution in [3.8, 4) is 0 Å². The van der Waals surface area contributed by atoms with Gasteiger partial charge in [0.2, 0.25) is 0 Å². The summed E-state index contributed by atoms with van der Waals surface area (Å²) in [5, 5.41) is 3.39. The molecule has 0 aliphatic carbocycles. The van der Waals surface area contributed by atoms with Crippen LogP contribution in [0.3, 0.4) is 0 Å². The van der Waals surface area contributed by atoms with Gasteiger partial charge in [0.1, 0.15) is 5.82 Å². The lowest BCUT2D eigenvalue weighted by molar-refractivity contribution is 0.662. The molecule has 4 heteroatoms. The molecule has 0 radical (unpaired) electrons. The van der Waals surface area contributed by atoms with Gasteiger partial charge in [0, 0.05) is 19.3 Å². The Morgan fingerprint density at radius 2 is 1.90 bits per heavy atom. The molecule has 4 nitrogen and oxygen atoms in total. The Bertz CT molecular complexity index is 527. The number of nitrogens with one attached hydrogen (secondary N) is 1. The SMILES string of the molecule is CCCNCc1cccc(N(CC)Cc2ccccn2)n1. The van der Waals surface area contributed by atoms with Crippen molar-refractivity contribution in [2.24, 2.45) is 0 Å². The fraction of sp³-hybridized carbons (Fsp3) is 0.412. The van der Waals surface area contributed by atoms with Crippen LogP contribution in [0.15, 0.2) is 42.6 Å². The number of pyridine rings is 2. The number of aromatic nitrogens is 2. The van der Waals surface area contributed by atoms with Gasteiger partial charge in [-0.2, -0.15) is 0 Å². The molecule has 0 unspecified atom stereocenters. The van der Waals surface area contributed by atoms with E-state index in [0.29, 0.717) is 0 Å². The summed E-state index contributed by atoms with van der Waals surface area (Å²) in [5.74, 6) is 1.01. The third-order valence-electron chi connectivity index (χ3n) is 3.31. The average molecular weight is 284 g/mol. The molecule has 0 bridgehead atoms. The lowest BCUT2D eigenvalue weighted by Gasteiger charge is -2.22. The molecule has 2 heterocycles. The molecule has 0 atom stereocenters. The van der Waals surface area contributed by atoms with Crippen LogP contribution in [0.2, 0.25) is 0 Å². The van der Waals surface area contributed by atoms with E-state index in [1.807, 2.05) is 18.3 Å². The van der Waals surface area contributed by atoms with E-state index in [-0.39, 0.29) is 0 Å². The number of nitrogens with zero attached hydrogens (tertiary/aromatic N) is 3. The van der Waals surface area contributed by atoms with E-state index in [1.165, 1.54) is 0 Å². The molecule has 0 aliphatic heterocycles. The fourth-order valence-corrected chi connectivity index (χ4v) is 2.18. The van der Waals surface area contributed by atoms with Gasteiger partial charge in [0.15, 0.2) is 0 Å². The van der Waals surface area contributed by atoms with Gasteiger partial charge in [0.05, 0.1) is 17.9 Å². The van der Waals surface area contributed by atoms with Crippen LogP contribution in [0.25, 0.3) is 0 Å². The molecule has 2 aromatic heterocycles. The van der Waals surface area contributed by atoms with E-state index >= 15 is 0 Å². The van der Waals surface area contributed by atoms with Crippen LogP contribution >= 0.6 is 0 Å². The van der Waals surface area contributed by atoms with Crippen molar-refractivity contribution in [3.05, 3.63) is 54.0 Å². The van der Waals surface area contributed by atoms with Gasteiger partial charge in [-0.15, -0.1) is 0 Å². The van der Waals surface area contributed by atoms with E-state index in [0.717, 1.165) is 49.8 Å². The highest BCUT2D eigenvalue weighted by Crippen LogP contribution is 2.14. The molecule has 0 amide bonds. The number of rotatable bonds is 8. The molecule has 0 saturated carbocycles. The molecule has 0 saturated heterocycles. The van der Waals surface area contributed by atoms with Crippen LogP contribution in [0, 0.1) is 0 Å². The minimum absolute atomic E-state index is 0.788. The Morgan fingerprint density at radius 3 is 2.62 bits per heavy atom. The molecule has 0 aliphatic rings. The van der Waals surface area contributed by atoms with E-state index in [1.54, 1.807) is 0 Å². The summed E-state index contributed by atoms with van der Waals surface area (Å²) in [7, 11) is 0. The second-order valence-corrected chi connectivity index (χ2v) is 5.00. The summed E-state index contributed by atoms with van der Waals surface area (Å²) in [6.45, 7) is 7.86. The summed E-state index contributed by atoms with van der Waals surface area (Å²) in [5.41, 5.74) is 2.15. The molecule has 0 aromatic carbocycles. The van der Waals surface area contributed by atoms with Crippen LogP contribution in [0.1, 0.15) is 31.7 Å². The molecule has 21 heavy (non-hydrogen) atoms. The van der Waals surface area contributed by atoms with Gasteiger partial charge >= 0.3 is 0 Å². The predicted molar refractivity (Wildman–Crippen MR) is 87.2 cm³/mol. The topological polar surface area (TPSA) is 41.0 Å². The van der Waals surface area contributed by atoms with Gasteiger partial charge in [0.25, 0.3) is 0 Å². The summed E-state index contributed by atoms with van der Waals surface area (Å²) < 4.78 is 0. The second kappa shape index (κ2) is 8.37. The minimum atomic E-state index is 0.788. The van der Waals surface area contributed by atoms with Gasteiger partial charge < -0.3 is 10.2 Å². The Labute approximate surface area is 127 Å². The third-order valence-corrected chi connectivity index (χ3v) is 3.31. The zero-order valence-corrected chi connectivity index (χ0v) is 12.9. The Kier molecular flexibility index (Phi) is 6.16. The van der Waals surface area contributed by atoms with Crippen LogP contribution in [-0.2, 0) is 13.1 Å². The quantitative estimate of drug-likeness (QED) is 0.757. The molecule has 1 N–H and O–H groups in total. The van der Waals surface area contributed by atoms with Crippen molar-refractivity contribution in [1.82, 2.24) is 15.3 Å². The molecule has 0 spiro atoms. The maximum absolute atomic E-state index is 4.75. The molecular weight excluding hydrogens is 260 g/mol. The second-order valence-electron chi connectivity index (χ2n) is 5.00. The standard InChI is InChI=1S/C17H24N4/c1-3-11-18-13-15-9-7-10-17(20-15)21(4-2)14-16-8-5-6-12-19-16/h5-10,12,18H,3-4,11,13-14H2,1-2H3. The highest BCUT2D eigenvalue weighted by Gasteiger charge is 2.08. The van der Waals surface area contributed by atoms with Crippen molar-refractivity contribution in [3.63, 3.8) is 0 Å². The maximum atomic E-state index is 4.75. The van der Waals surface area contributed by atoms with Crippen LogP contribution in [0.5, 0.6) is 0 Å². The first-order valence-electron chi connectivity index (χ1n) is 7.65. The van der Waals surface area contributed by atoms with Crippen molar-refractivity contribution >= 4 is 5.82 Å². The van der Waals surface area contributed by atoms with Gasteiger partial charge in [-0.05, 0) is 44.2 Å². The largest absolute Gasteiger partial charge is 0.351 e. The van der Waals surface area contributed by atoms with Gasteiger partial charge in [-0.1, -0.05) is 19.1 Å². The van der Waals surface area contributed by atoms with Crippen molar-refractivity contribution in [2.75, 3.05) is 18.0 Å². The highest BCUT2D eigenvalue weighted by atomic mass is 15.2. The Morgan fingerprint density at radius 1 is 1.05 bits per heavy atom. The zero-order valence-electron chi connectivity index (χ0n) is 12.9. The summed E-state index contributed by atoms with van der Waals surface area (Å²) >= 11 is 0. The number of hydrogen-bond acceptors (Lipinski definition) is 4. The van der Waals surface area contributed by atoms with Gasteiger partial charge in [-0.3, -0.25) is 4.98 Å². The Hall–Kier alpha value is -1.94. The van der Waals surface area contributed by atoms with E-state index in [9.17, 15) is 0 Å². The lowest BCUT2D eigenvalue weighted by Crippen LogP contribution is -2.24. The molecule has 2 aromatic rings. The summed E-state index contributed by atoms with van der Waals surface area (Å²) in [6, 6.07) is 12.2. The van der Waals surface area contributed by atoms with Crippen LogP contribution in [0.4, 0.5) is 5.82 Å². The predicted octanol–water partition coefficient (Wildman–Crippen LogP) is 3.00. The first-order valence-corrected chi connectivity index (χ1v) is 7.65. The first kappa shape index (κ1) is 15.4. The highest BCUT2D eigenvalue weighted by molar-refractivity contribution is 5.39. The monoisotopic (exact) mass is 284 g/mol. The Balaban J connectivity index is 2.05. The van der Waals surface area contributed by atoms with Gasteiger partial charge in [-0.25, -0.2) is 4.98 Å². The zero-order chi connectivity index (χ0) is 14.9. The van der Waals surface area contributed by atoms with E-state index < -0.39 is 0 Å². The molecule has 112 valence electrons. The molecule has 0 fully saturated rings. The average Bonchev–Trinajstić information content (AvgIpc) is 2.54. The lowest BCUT2D eigenvalue weighted by atomic mass is 10.3. The maximum Gasteiger partial charge on any atom is 0.129 e.